The van der Waals surface area contributed by atoms with Crippen LogP contribution in [0.25, 0.3) is 0 Å². The summed E-state index contributed by atoms with van der Waals surface area (Å²) < 4.78 is 11.5. The van der Waals surface area contributed by atoms with Gasteiger partial charge in [0.1, 0.15) is 0 Å². The molecule has 6 heteroatoms. The molecule has 2 amide bonds. The average Bonchev–Trinajstić information content (AvgIpc) is 3.64. The Morgan fingerprint density at radius 2 is 1.72 bits per heavy atom. The Morgan fingerprint density at radius 3 is 2.41 bits per heavy atom. The van der Waals surface area contributed by atoms with E-state index in [2.05, 4.69) is 17.4 Å². The van der Waals surface area contributed by atoms with Crippen molar-refractivity contribution in [3.8, 4) is 11.5 Å². The summed E-state index contributed by atoms with van der Waals surface area (Å²) in [6, 6.07) is 15.5. The number of piperidine rings is 1. The molecule has 0 aromatic heterocycles. The van der Waals surface area contributed by atoms with E-state index in [1.165, 1.54) is 12.0 Å². The van der Waals surface area contributed by atoms with Crippen LogP contribution in [0.4, 0.5) is 0 Å². The molecule has 0 atom stereocenters. The van der Waals surface area contributed by atoms with Crippen LogP contribution in [0.15, 0.2) is 48.5 Å². The standard InChI is InChI=1S/C26H32N2O4/c1-2-31-23-17-20(11-12-22(23)32-18-24(29)28-15-7-4-8-16-28)25(30)27-19-26(13-14-26)21-9-5-3-6-10-21/h3,5-6,9-12,17H,2,4,7-8,13-16,18-19H2,1H3,(H,27,30). The smallest absolute Gasteiger partial charge is 0.260 e. The molecular weight excluding hydrogens is 404 g/mol. The minimum atomic E-state index is -0.135. The number of hydrogen-bond acceptors (Lipinski definition) is 4. The lowest BCUT2D eigenvalue weighted by Crippen LogP contribution is -2.38. The van der Waals surface area contributed by atoms with Gasteiger partial charge in [-0.2, -0.15) is 0 Å². The van der Waals surface area contributed by atoms with Gasteiger partial charge in [-0.25, -0.2) is 0 Å². The van der Waals surface area contributed by atoms with Crippen LogP contribution >= 0.6 is 0 Å². The van der Waals surface area contributed by atoms with Crippen LogP contribution in [0.3, 0.4) is 0 Å². The first-order valence-electron chi connectivity index (χ1n) is 11.6. The fourth-order valence-electron chi connectivity index (χ4n) is 4.27. The minimum Gasteiger partial charge on any atom is -0.490 e. The number of nitrogens with zero attached hydrogens (tertiary/aromatic N) is 1. The van der Waals surface area contributed by atoms with E-state index in [1.807, 2.05) is 30.0 Å². The van der Waals surface area contributed by atoms with Crippen molar-refractivity contribution in [1.82, 2.24) is 10.2 Å². The molecule has 1 N–H and O–H groups in total. The molecule has 2 fully saturated rings. The van der Waals surface area contributed by atoms with Crippen molar-refractivity contribution in [3.05, 3.63) is 59.7 Å². The highest BCUT2D eigenvalue weighted by molar-refractivity contribution is 5.95. The third-order valence-corrected chi connectivity index (χ3v) is 6.39. The summed E-state index contributed by atoms with van der Waals surface area (Å²) in [5.41, 5.74) is 1.85. The molecule has 1 saturated heterocycles. The maximum atomic E-state index is 12.8. The molecule has 0 bridgehead atoms. The van der Waals surface area contributed by atoms with Crippen LogP contribution in [0.5, 0.6) is 11.5 Å². The number of benzene rings is 2. The second-order valence-corrected chi connectivity index (χ2v) is 8.65. The number of likely N-dealkylation sites (tertiary alicyclic amines) is 1. The highest BCUT2D eigenvalue weighted by atomic mass is 16.5. The highest BCUT2D eigenvalue weighted by Crippen LogP contribution is 2.47. The molecular formula is C26H32N2O4. The first-order chi connectivity index (χ1) is 15.6. The van der Waals surface area contributed by atoms with Gasteiger partial charge < -0.3 is 19.7 Å². The van der Waals surface area contributed by atoms with Crippen LogP contribution in [0.2, 0.25) is 0 Å². The molecule has 4 rings (SSSR count). The van der Waals surface area contributed by atoms with E-state index in [1.54, 1.807) is 18.2 Å². The molecule has 2 aliphatic rings. The summed E-state index contributed by atoms with van der Waals surface area (Å²) >= 11 is 0. The van der Waals surface area contributed by atoms with E-state index < -0.39 is 0 Å². The maximum absolute atomic E-state index is 12.8. The number of carbonyl (C=O) groups excluding carboxylic acids is 2. The van der Waals surface area contributed by atoms with Crippen LogP contribution < -0.4 is 14.8 Å². The molecule has 1 heterocycles. The fraction of sp³-hybridized carbons (Fsp3) is 0.462. The summed E-state index contributed by atoms with van der Waals surface area (Å²) in [5, 5.41) is 3.09. The Morgan fingerprint density at radius 1 is 0.969 bits per heavy atom. The van der Waals surface area contributed by atoms with Gasteiger partial charge in [-0.3, -0.25) is 9.59 Å². The van der Waals surface area contributed by atoms with E-state index in [9.17, 15) is 9.59 Å². The molecule has 1 saturated carbocycles. The predicted octanol–water partition coefficient (Wildman–Crippen LogP) is 3.94. The van der Waals surface area contributed by atoms with Crippen molar-refractivity contribution in [2.75, 3.05) is 32.8 Å². The monoisotopic (exact) mass is 436 g/mol. The van der Waals surface area contributed by atoms with Gasteiger partial charge in [0, 0.05) is 30.6 Å². The molecule has 1 aliphatic carbocycles. The van der Waals surface area contributed by atoms with Crippen molar-refractivity contribution < 1.29 is 19.1 Å². The number of ether oxygens (including phenoxy) is 2. The quantitative estimate of drug-likeness (QED) is 0.647. The lowest BCUT2D eigenvalue weighted by molar-refractivity contribution is -0.134. The summed E-state index contributed by atoms with van der Waals surface area (Å²) in [7, 11) is 0. The van der Waals surface area contributed by atoms with Gasteiger partial charge in [0.15, 0.2) is 18.1 Å². The summed E-state index contributed by atoms with van der Waals surface area (Å²) in [5.74, 6) is 0.821. The van der Waals surface area contributed by atoms with Gasteiger partial charge in [0.25, 0.3) is 11.8 Å². The predicted molar refractivity (Wildman–Crippen MR) is 123 cm³/mol. The van der Waals surface area contributed by atoms with Crippen molar-refractivity contribution >= 4 is 11.8 Å². The molecule has 6 nitrogen and oxygen atoms in total. The summed E-state index contributed by atoms with van der Waals surface area (Å²) in [4.78, 5) is 27.1. The Labute approximate surface area is 189 Å². The normalized spacial score (nSPS) is 16.8. The van der Waals surface area contributed by atoms with E-state index >= 15 is 0 Å². The zero-order valence-corrected chi connectivity index (χ0v) is 18.8. The van der Waals surface area contributed by atoms with Gasteiger partial charge in [-0.1, -0.05) is 30.3 Å². The first-order valence-corrected chi connectivity index (χ1v) is 11.6. The number of amides is 2. The molecule has 0 unspecified atom stereocenters. The van der Waals surface area contributed by atoms with Gasteiger partial charge in [-0.15, -0.1) is 0 Å². The maximum Gasteiger partial charge on any atom is 0.260 e. The Hall–Kier alpha value is -3.02. The lowest BCUT2D eigenvalue weighted by atomic mass is 9.96. The Bertz CT molecular complexity index is 934. The topological polar surface area (TPSA) is 67.9 Å². The van der Waals surface area contributed by atoms with E-state index in [0.29, 0.717) is 30.2 Å². The summed E-state index contributed by atoms with van der Waals surface area (Å²) in [6.07, 6.45) is 5.43. The van der Waals surface area contributed by atoms with Crippen LogP contribution in [0.1, 0.15) is 54.9 Å². The molecule has 1 aliphatic heterocycles. The first kappa shape index (κ1) is 22.2. The summed E-state index contributed by atoms with van der Waals surface area (Å²) in [6.45, 7) is 4.51. The third-order valence-electron chi connectivity index (χ3n) is 6.39. The fourth-order valence-corrected chi connectivity index (χ4v) is 4.27. The van der Waals surface area contributed by atoms with Gasteiger partial charge in [0.05, 0.1) is 6.61 Å². The average molecular weight is 437 g/mol. The van der Waals surface area contributed by atoms with Gasteiger partial charge in [0.2, 0.25) is 0 Å². The molecule has 0 spiro atoms. The number of rotatable bonds is 9. The van der Waals surface area contributed by atoms with Crippen molar-refractivity contribution in [1.29, 1.82) is 0 Å². The minimum absolute atomic E-state index is 0.00962. The highest BCUT2D eigenvalue weighted by Gasteiger charge is 2.44. The van der Waals surface area contributed by atoms with Crippen LogP contribution in [0, 0.1) is 0 Å². The van der Waals surface area contributed by atoms with Crippen molar-refractivity contribution in [2.45, 2.75) is 44.4 Å². The number of carbonyl (C=O) groups is 2. The zero-order valence-electron chi connectivity index (χ0n) is 18.8. The van der Waals surface area contributed by atoms with E-state index in [4.69, 9.17) is 9.47 Å². The van der Waals surface area contributed by atoms with Crippen LogP contribution in [-0.4, -0.2) is 49.6 Å². The number of nitrogens with one attached hydrogen (secondary N) is 1. The number of hydrogen-bond donors (Lipinski definition) is 1. The molecule has 32 heavy (non-hydrogen) atoms. The van der Waals surface area contributed by atoms with Crippen molar-refractivity contribution in [2.24, 2.45) is 0 Å². The molecule has 170 valence electrons. The van der Waals surface area contributed by atoms with Crippen molar-refractivity contribution in [3.63, 3.8) is 0 Å². The van der Waals surface area contributed by atoms with Gasteiger partial charge in [-0.05, 0) is 62.8 Å². The Kier molecular flexibility index (Phi) is 6.98. The van der Waals surface area contributed by atoms with E-state index in [-0.39, 0.29) is 23.8 Å². The SMILES string of the molecule is CCOc1cc(C(=O)NCC2(c3ccccc3)CC2)ccc1OCC(=O)N1CCCCC1. The largest absolute Gasteiger partial charge is 0.490 e. The second kappa shape index (κ2) is 10.1. The molecule has 2 aromatic rings. The second-order valence-electron chi connectivity index (χ2n) is 8.65. The molecule has 0 radical (unpaired) electrons. The lowest BCUT2D eigenvalue weighted by Gasteiger charge is -2.26. The van der Waals surface area contributed by atoms with Gasteiger partial charge >= 0.3 is 0 Å². The Balaban J connectivity index is 1.37. The van der Waals surface area contributed by atoms with Crippen LogP contribution in [-0.2, 0) is 10.2 Å². The third kappa shape index (κ3) is 5.23. The molecule has 2 aromatic carbocycles. The zero-order chi connectivity index (χ0) is 22.4. The van der Waals surface area contributed by atoms with E-state index in [0.717, 1.165) is 38.8 Å².